The molecule has 0 saturated carbocycles. The summed E-state index contributed by atoms with van der Waals surface area (Å²) in [7, 11) is 3.33. The van der Waals surface area contributed by atoms with E-state index in [-0.39, 0.29) is 23.2 Å². The van der Waals surface area contributed by atoms with Crippen molar-refractivity contribution in [2.75, 3.05) is 20.6 Å². The highest BCUT2D eigenvalue weighted by Crippen LogP contribution is 2.24. The fourth-order valence-electron chi connectivity index (χ4n) is 1.28. The molecule has 7 heteroatoms. The van der Waals surface area contributed by atoms with Crippen LogP contribution in [0.1, 0.15) is 5.56 Å². The number of hydrogen-bond acceptors (Lipinski definition) is 4. The molecule has 0 unspecified atom stereocenters. The van der Waals surface area contributed by atoms with Crippen LogP contribution in [-0.2, 0) is 11.3 Å². The number of likely N-dealkylation sites (N-methyl/N-ethyl adjacent to an activating group) is 1. The molecule has 18 heavy (non-hydrogen) atoms. The van der Waals surface area contributed by atoms with Crippen LogP contribution in [0.25, 0.3) is 0 Å². The van der Waals surface area contributed by atoms with Gasteiger partial charge in [-0.1, -0.05) is 17.7 Å². The van der Waals surface area contributed by atoms with Crippen LogP contribution in [0.2, 0.25) is 5.02 Å². The Morgan fingerprint density at radius 3 is 2.72 bits per heavy atom. The topological polar surface area (TPSA) is 75.5 Å². The Bertz CT molecular complexity index is 463. The van der Waals surface area contributed by atoms with E-state index in [9.17, 15) is 14.9 Å². The Morgan fingerprint density at radius 2 is 2.17 bits per heavy atom. The Hall–Kier alpha value is -1.66. The van der Waals surface area contributed by atoms with E-state index in [0.29, 0.717) is 12.1 Å². The van der Waals surface area contributed by atoms with Crippen molar-refractivity contribution in [2.45, 2.75) is 6.54 Å². The lowest BCUT2D eigenvalue weighted by molar-refractivity contribution is -0.384. The number of hydrogen-bond donors (Lipinski definition) is 1. The van der Waals surface area contributed by atoms with Gasteiger partial charge < -0.3 is 10.2 Å². The first-order valence-corrected chi connectivity index (χ1v) is 5.63. The van der Waals surface area contributed by atoms with Crippen LogP contribution in [0.5, 0.6) is 0 Å². The van der Waals surface area contributed by atoms with Gasteiger partial charge in [0.25, 0.3) is 5.69 Å². The van der Waals surface area contributed by atoms with E-state index in [1.807, 2.05) is 0 Å². The molecule has 98 valence electrons. The van der Waals surface area contributed by atoms with E-state index in [1.54, 1.807) is 20.2 Å². The Labute approximate surface area is 110 Å². The minimum Gasteiger partial charge on any atom is -0.348 e. The second-order valence-electron chi connectivity index (χ2n) is 3.93. The minimum absolute atomic E-state index is 0.0570. The van der Waals surface area contributed by atoms with Gasteiger partial charge in [0.05, 0.1) is 11.5 Å². The minimum atomic E-state index is -0.531. The number of rotatable bonds is 5. The lowest BCUT2D eigenvalue weighted by Crippen LogP contribution is -2.32. The van der Waals surface area contributed by atoms with E-state index >= 15 is 0 Å². The molecule has 1 aromatic rings. The third-order valence-electron chi connectivity index (χ3n) is 2.31. The summed E-state index contributed by atoms with van der Waals surface area (Å²) in [6, 6.07) is 4.56. The van der Waals surface area contributed by atoms with Gasteiger partial charge in [0.2, 0.25) is 5.91 Å². The number of amides is 1. The molecule has 1 amide bonds. The van der Waals surface area contributed by atoms with E-state index in [4.69, 9.17) is 11.6 Å². The molecule has 0 spiro atoms. The van der Waals surface area contributed by atoms with Gasteiger partial charge in [0, 0.05) is 26.7 Å². The lowest BCUT2D eigenvalue weighted by atomic mass is 10.2. The quantitative estimate of drug-likeness (QED) is 0.649. The number of nitro benzene ring substituents is 1. The summed E-state index contributed by atoms with van der Waals surface area (Å²) < 4.78 is 0. The first-order valence-electron chi connectivity index (χ1n) is 5.25. The van der Waals surface area contributed by atoms with Crippen LogP contribution < -0.4 is 5.32 Å². The molecule has 0 heterocycles. The van der Waals surface area contributed by atoms with Gasteiger partial charge in [-0.3, -0.25) is 14.9 Å². The molecule has 0 aliphatic carbocycles. The molecule has 0 radical (unpaired) electrons. The van der Waals surface area contributed by atoms with Crippen LogP contribution in [0.4, 0.5) is 5.69 Å². The zero-order valence-corrected chi connectivity index (χ0v) is 10.9. The molecule has 1 aromatic carbocycles. The monoisotopic (exact) mass is 271 g/mol. The molecule has 1 rings (SSSR count). The average Bonchev–Trinajstić information content (AvgIpc) is 2.30. The van der Waals surface area contributed by atoms with E-state index in [1.165, 1.54) is 17.0 Å². The molecule has 0 bridgehead atoms. The fraction of sp³-hybridized carbons (Fsp3) is 0.364. The maximum atomic E-state index is 11.3. The first kappa shape index (κ1) is 14.4. The van der Waals surface area contributed by atoms with Crippen LogP contribution in [0.3, 0.4) is 0 Å². The summed E-state index contributed by atoms with van der Waals surface area (Å²) in [4.78, 5) is 22.9. The van der Waals surface area contributed by atoms with Gasteiger partial charge in [-0.2, -0.15) is 0 Å². The highest BCUT2D eigenvalue weighted by Gasteiger charge is 2.12. The highest BCUT2D eigenvalue weighted by molar-refractivity contribution is 6.32. The second-order valence-corrected chi connectivity index (χ2v) is 4.34. The zero-order chi connectivity index (χ0) is 13.7. The largest absolute Gasteiger partial charge is 0.348 e. The molecule has 0 atom stereocenters. The third kappa shape index (κ3) is 3.97. The van der Waals surface area contributed by atoms with Crippen molar-refractivity contribution in [1.29, 1.82) is 0 Å². The number of nitrogens with one attached hydrogen (secondary N) is 1. The average molecular weight is 272 g/mol. The molecule has 0 aromatic heterocycles. The normalized spacial score (nSPS) is 10.2. The summed E-state index contributed by atoms with van der Waals surface area (Å²) in [5, 5.41) is 13.7. The smallest absolute Gasteiger partial charge is 0.288 e. The molecule has 6 nitrogen and oxygen atoms in total. The van der Waals surface area contributed by atoms with Crippen molar-refractivity contribution in [2.24, 2.45) is 0 Å². The van der Waals surface area contributed by atoms with E-state index in [2.05, 4.69) is 5.32 Å². The molecular formula is C11H14ClN3O3. The molecule has 0 aliphatic rings. The van der Waals surface area contributed by atoms with Crippen LogP contribution >= 0.6 is 11.6 Å². The van der Waals surface area contributed by atoms with Crippen molar-refractivity contribution in [1.82, 2.24) is 10.2 Å². The van der Waals surface area contributed by atoms with Crippen molar-refractivity contribution in [3.63, 3.8) is 0 Å². The SMILES string of the molecule is CN(C)C(=O)CNCc1ccc(Cl)c([N+](=O)[O-])c1. The predicted octanol–water partition coefficient (Wildman–Crippen LogP) is 1.43. The summed E-state index contributed by atoms with van der Waals surface area (Å²) in [5.41, 5.74) is 0.576. The first-order chi connectivity index (χ1) is 8.41. The van der Waals surface area contributed by atoms with Crippen LogP contribution in [0.15, 0.2) is 18.2 Å². The van der Waals surface area contributed by atoms with Gasteiger partial charge in [0.1, 0.15) is 5.02 Å². The van der Waals surface area contributed by atoms with Crippen LogP contribution in [0, 0.1) is 10.1 Å². The van der Waals surface area contributed by atoms with Crippen molar-refractivity contribution < 1.29 is 9.72 Å². The van der Waals surface area contributed by atoms with Gasteiger partial charge in [-0.15, -0.1) is 0 Å². The van der Waals surface area contributed by atoms with E-state index in [0.717, 1.165) is 0 Å². The van der Waals surface area contributed by atoms with Crippen LogP contribution in [-0.4, -0.2) is 36.4 Å². The highest BCUT2D eigenvalue weighted by atomic mass is 35.5. The van der Waals surface area contributed by atoms with Gasteiger partial charge in [0.15, 0.2) is 0 Å². The predicted molar refractivity (Wildman–Crippen MR) is 68.5 cm³/mol. The number of carbonyl (C=O) groups excluding carboxylic acids is 1. The van der Waals surface area contributed by atoms with Gasteiger partial charge in [-0.25, -0.2) is 0 Å². The van der Waals surface area contributed by atoms with Crippen molar-refractivity contribution in [3.05, 3.63) is 38.9 Å². The maximum Gasteiger partial charge on any atom is 0.288 e. The number of nitrogens with zero attached hydrogens (tertiary/aromatic N) is 2. The summed E-state index contributed by atoms with van der Waals surface area (Å²) >= 11 is 5.69. The van der Waals surface area contributed by atoms with Gasteiger partial charge in [-0.05, 0) is 11.6 Å². The second kappa shape index (κ2) is 6.32. The molecule has 0 aliphatic heterocycles. The standard InChI is InChI=1S/C11H14ClN3O3/c1-14(2)11(16)7-13-6-8-3-4-9(12)10(5-8)15(17)18/h3-5,13H,6-7H2,1-2H3. The third-order valence-corrected chi connectivity index (χ3v) is 2.63. The van der Waals surface area contributed by atoms with Gasteiger partial charge >= 0.3 is 0 Å². The molecule has 0 saturated heterocycles. The maximum absolute atomic E-state index is 11.3. The Morgan fingerprint density at radius 1 is 1.50 bits per heavy atom. The Kier molecular flexibility index (Phi) is 5.06. The summed E-state index contributed by atoms with van der Waals surface area (Å²) in [6.07, 6.45) is 0. The number of nitro groups is 1. The fourth-order valence-corrected chi connectivity index (χ4v) is 1.47. The zero-order valence-electron chi connectivity index (χ0n) is 10.1. The van der Waals surface area contributed by atoms with Crippen molar-refractivity contribution in [3.8, 4) is 0 Å². The summed E-state index contributed by atoms with van der Waals surface area (Å²) in [6.45, 7) is 0.557. The summed E-state index contributed by atoms with van der Waals surface area (Å²) in [5.74, 6) is -0.0570. The number of benzene rings is 1. The number of carbonyl (C=O) groups is 1. The van der Waals surface area contributed by atoms with Crippen molar-refractivity contribution >= 4 is 23.2 Å². The lowest BCUT2D eigenvalue weighted by Gasteiger charge is -2.10. The van der Waals surface area contributed by atoms with E-state index < -0.39 is 4.92 Å². The Balaban J connectivity index is 2.61. The molecule has 1 N–H and O–H groups in total. The number of halogens is 1. The molecular weight excluding hydrogens is 258 g/mol. The molecule has 0 fully saturated rings.